The number of hydrogen-bond acceptors (Lipinski definition) is 5. The Morgan fingerprint density at radius 3 is 2.52 bits per heavy atom. The van der Waals surface area contributed by atoms with Crippen LogP contribution >= 0.6 is 0 Å². The molecule has 3 aromatic rings. The number of alkyl halides is 3. The molecule has 0 aliphatic heterocycles. The van der Waals surface area contributed by atoms with E-state index in [1.807, 2.05) is 0 Å². The first-order chi connectivity index (χ1) is 14.5. The minimum Gasteiger partial charge on any atom is -0.457 e. The summed E-state index contributed by atoms with van der Waals surface area (Å²) in [4.78, 5) is 22.9. The van der Waals surface area contributed by atoms with E-state index in [0.29, 0.717) is 0 Å². The van der Waals surface area contributed by atoms with E-state index in [2.05, 4.69) is 10.4 Å². The Balaban J connectivity index is 1.83. The van der Waals surface area contributed by atoms with Crippen molar-refractivity contribution < 1.29 is 27.6 Å². The molecule has 1 heterocycles. The second kappa shape index (κ2) is 8.46. The van der Waals surface area contributed by atoms with Crippen LogP contribution in [0.5, 0.6) is 11.5 Å². The molecular formula is C20H17F3N4O4. The van der Waals surface area contributed by atoms with Crippen LogP contribution in [-0.2, 0) is 17.5 Å². The van der Waals surface area contributed by atoms with Crippen molar-refractivity contribution in [2.24, 2.45) is 0 Å². The van der Waals surface area contributed by atoms with E-state index in [1.165, 1.54) is 16.8 Å². The molecule has 2 aromatic carbocycles. The first-order valence-corrected chi connectivity index (χ1v) is 8.97. The van der Waals surface area contributed by atoms with Gasteiger partial charge in [-0.1, -0.05) is 6.07 Å². The third-order valence-electron chi connectivity index (χ3n) is 4.18. The van der Waals surface area contributed by atoms with Gasteiger partial charge >= 0.3 is 6.18 Å². The van der Waals surface area contributed by atoms with Crippen molar-refractivity contribution in [3.63, 3.8) is 0 Å². The van der Waals surface area contributed by atoms with Gasteiger partial charge in [-0.3, -0.25) is 19.6 Å². The minimum atomic E-state index is -4.57. The number of nitro benzene ring substituents is 1. The highest BCUT2D eigenvalue weighted by Crippen LogP contribution is 2.34. The van der Waals surface area contributed by atoms with Crippen molar-refractivity contribution >= 4 is 17.3 Å². The van der Waals surface area contributed by atoms with Gasteiger partial charge < -0.3 is 10.1 Å². The molecule has 162 valence electrons. The molecule has 11 heteroatoms. The molecule has 0 unspecified atom stereocenters. The van der Waals surface area contributed by atoms with Crippen LogP contribution in [-0.4, -0.2) is 20.6 Å². The third kappa shape index (κ3) is 5.59. The molecule has 0 radical (unpaired) electrons. The van der Waals surface area contributed by atoms with Gasteiger partial charge in [-0.2, -0.15) is 18.3 Å². The molecule has 0 spiro atoms. The third-order valence-corrected chi connectivity index (χ3v) is 4.18. The van der Waals surface area contributed by atoms with E-state index in [-0.39, 0.29) is 23.7 Å². The zero-order valence-electron chi connectivity index (χ0n) is 16.4. The Kier molecular flexibility index (Phi) is 5.95. The fraction of sp³-hybridized carbons (Fsp3) is 0.200. The van der Waals surface area contributed by atoms with Gasteiger partial charge in [0.25, 0.3) is 5.69 Å². The highest BCUT2D eigenvalue weighted by atomic mass is 19.4. The molecule has 0 aliphatic rings. The monoisotopic (exact) mass is 434 g/mol. The van der Waals surface area contributed by atoms with E-state index >= 15 is 0 Å². The van der Waals surface area contributed by atoms with Crippen LogP contribution in [0.15, 0.2) is 48.5 Å². The largest absolute Gasteiger partial charge is 0.457 e. The predicted molar refractivity (Wildman–Crippen MR) is 105 cm³/mol. The predicted octanol–water partition coefficient (Wildman–Crippen LogP) is 4.86. The van der Waals surface area contributed by atoms with Crippen molar-refractivity contribution in [3.05, 3.63) is 75.6 Å². The fourth-order valence-electron chi connectivity index (χ4n) is 2.86. The number of aryl methyl sites for hydroxylation is 2. The van der Waals surface area contributed by atoms with Crippen molar-refractivity contribution in [2.75, 3.05) is 5.32 Å². The Bertz CT molecular complexity index is 1140. The van der Waals surface area contributed by atoms with Gasteiger partial charge in [0.05, 0.1) is 27.9 Å². The molecule has 0 saturated heterocycles. The van der Waals surface area contributed by atoms with Crippen LogP contribution in [0, 0.1) is 24.0 Å². The quantitative estimate of drug-likeness (QED) is 0.441. The van der Waals surface area contributed by atoms with E-state index in [1.54, 1.807) is 19.9 Å². The number of carbonyl (C=O) groups excluding carboxylic acids is 1. The lowest BCUT2D eigenvalue weighted by Crippen LogP contribution is -2.20. The van der Waals surface area contributed by atoms with Crippen LogP contribution in [0.2, 0.25) is 0 Å². The molecule has 0 saturated carbocycles. The summed E-state index contributed by atoms with van der Waals surface area (Å²) in [5, 5.41) is 17.9. The smallest absolute Gasteiger partial charge is 0.416 e. The number of nitrogens with zero attached hydrogens (tertiary/aromatic N) is 3. The van der Waals surface area contributed by atoms with Gasteiger partial charge in [0.15, 0.2) is 0 Å². The Morgan fingerprint density at radius 2 is 1.90 bits per heavy atom. The molecule has 3 rings (SSSR count). The van der Waals surface area contributed by atoms with Crippen LogP contribution < -0.4 is 10.1 Å². The zero-order valence-corrected chi connectivity index (χ0v) is 16.4. The number of non-ortho nitro benzene ring substituents is 1. The average molecular weight is 434 g/mol. The first-order valence-electron chi connectivity index (χ1n) is 8.97. The summed E-state index contributed by atoms with van der Waals surface area (Å²) >= 11 is 0. The van der Waals surface area contributed by atoms with Gasteiger partial charge in [0.2, 0.25) is 5.91 Å². The summed E-state index contributed by atoms with van der Waals surface area (Å²) in [5.74, 6) is -0.748. The first kappa shape index (κ1) is 21.8. The molecule has 0 fully saturated rings. The lowest BCUT2D eigenvalue weighted by Gasteiger charge is -2.12. The molecule has 1 N–H and O–H groups in total. The van der Waals surface area contributed by atoms with E-state index in [0.717, 1.165) is 41.7 Å². The SMILES string of the molecule is Cc1cc(C)n(CC(=O)Nc2cc(Oc3cccc(C(F)(F)F)c3)cc([N+](=O)[O-])c2)n1. The Hall–Kier alpha value is -3.89. The number of nitro groups is 1. The Morgan fingerprint density at radius 1 is 1.16 bits per heavy atom. The highest BCUT2D eigenvalue weighted by molar-refractivity contribution is 5.91. The number of hydrogen-bond donors (Lipinski definition) is 1. The van der Waals surface area contributed by atoms with Crippen LogP contribution in [0.4, 0.5) is 24.5 Å². The minimum absolute atomic E-state index is 0.0581. The summed E-state index contributed by atoms with van der Waals surface area (Å²) in [7, 11) is 0. The van der Waals surface area contributed by atoms with E-state index in [4.69, 9.17) is 4.74 Å². The summed E-state index contributed by atoms with van der Waals surface area (Å²) in [6.45, 7) is 3.44. The number of aromatic nitrogens is 2. The van der Waals surface area contributed by atoms with Crippen LogP contribution in [0.1, 0.15) is 17.0 Å². The number of benzene rings is 2. The second-order valence-corrected chi connectivity index (χ2v) is 6.73. The number of nitrogens with one attached hydrogen (secondary N) is 1. The molecule has 1 aromatic heterocycles. The summed E-state index contributed by atoms with van der Waals surface area (Å²) < 4.78 is 45.5. The summed E-state index contributed by atoms with van der Waals surface area (Å²) in [5.41, 5.74) is 0.236. The van der Waals surface area contributed by atoms with Crippen molar-refractivity contribution in [3.8, 4) is 11.5 Å². The normalized spacial score (nSPS) is 11.3. The van der Waals surface area contributed by atoms with Crippen LogP contribution in [0.3, 0.4) is 0 Å². The second-order valence-electron chi connectivity index (χ2n) is 6.73. The zero-order chi connectivity index (χ0) is 22.8. The Labute approximate surface area is 174 Å². The molecular weight excluding hydrogens is 417 g/mol. The van der Waals surface area contributed by atoms with Crippen molar-refractivity contribution in [1.29, 1.82) is 0 Å². The molecule has 31 heavy (non-hydrogen) atoms. The molecule has 1 amide bonds. The van der Waals surface area contributed by atoms with Gasteiger partial charge in [-0.15, -0.1) is 0 Å². The molecule has 0 aliphatic carbocycles. The van der Waals surface area contributed by atoms with E-state index in [9.17, 15) is 28.1 Å². The lowest BCUT2D eigenvalue weighted by atomic mass is 10.2. The molecule has 8 nitrogen and oxygen atoms in total. The maximum Gasteiger partial charge on any atom is 0.416 e. The van der Waals surface area contributed by atoms with Crippen molar-refractivity contribution in [1.82, 2.24) is 9.78 Å². The number of ether oxygens (including phenoxy) is 1. The maximum atomic E-state index is 12.9. The number of rotatable bonds is 6. The highest BCUT2D eigenvalue weighted by Gasteiger charge is 2.30. The van der Waals surface area contributed by atoms with Crippen molar-refractivity contribution in [2.45, 2.75) is 26.6 Å². The van der Waals surface area contributed by atoms with Gasteiger partial charge in [-0.05, 0) is 38.1 Å². The molecule has 0 bridgehead atoms. The van der Waals surface area contributed by atoms with Crippen LogP contribution in [0.25, 0.3) is 0 Å². The molecule has 0 atom stereocenters. The average Bonchev–Trinajstić information content (AvgIpc) is 2.97. The van der Waals surface area contributed by atoms with Gasteiger partial charge in [-0.25, -0.2) is 0 Å². The summed E-state index contributed by atoms with van der Waals surface area (Å²) in [6, 6.07) is 9.36. The lowest BCUT2D eigenvalue weighted by molar-refractivity contribution is -0.384. The standard InChI is InChI=1S/C20H17F3N4O4/c1-12-6-13(2)26(25-12)11-19(28)24-15-8-16(27(29)30)10-18(9-15)31-17-5-3-4-14(7-17)20(21,22)23/h3-10H,11H2,1-2H3,(H,24,28). The fourth-order valence-corrected chi connectivity index (χ4v) is 2.86. The summed E-state index contributed by atoms with van der Waals surface area (Å²) in [6.07, 6.45) is -4.57. The van der Waals surface area contributed by atoms with Gasteiger partial charge in [0, 0.05) is 17.8 Å². The topological polar surface area (TPSA) is 99.3 Å². The maximum absolute atomic E-state index is 12.9. The number of anilines is 1. The number of halogens is 3. The number of amides is 1. The van der Waals surface area contributed by atoms with E-state index < -0.39 is 28.3 Å². The number of carbonyl (C=O) groups is 1. The van der Waals surface area contributed by atoms with Gasteiger partial charge in [0.1, 0.15) is 18.0 Å².